The lowest BCUT2D eigenvalue weighted by atomic mass is 10.1. The van der Waals surface area contributed by atoms with Crippen LogP contribution in [0.5, 0.6) is 0 Å². The summed E-state index contributed by atoms with van der Waals surface area (Å²) in [6.45, 7) is 1.90. The molecular weight excluding hydrogens is 282 g/mol. The predicted molar refractivity (Wildman–Crippen MR) is 74.9 cm³/mol. The number of aromatic nitrogens is 1. The largest absolute Gasteiger partial charge is 0.396 e. The zero-order chi connectivity index (χ0) is 15.3. The first-order valence-electron chi connectivity index (χ1n) is 6.37. The third-order valence-electron chi connectivity index (χ3n) is 3.10. The van der Waals surface area contributed by atoms with Crippen LogP contribution in [-0.2, 0) is 17.1 Å². The predicted octanol–water partition coefficient (Wildman–Crippen LogP) is -0.176. The molecule has 0 bridgehead atoms. The van der Waals surface area contributed by atoms with E-state index in [1.807, 2.05) is 6.92 Å². The van der Waals surface area contributed by atoms with E-state index in [4.69, 9.17) is 5.11 Å². The van der Waals surface area contributed by atoms with Crippen LogP contribution >= 0.6 is 0 Å². The molecule has 0 saturated heterocycles. The van der Waals surface area contributed by atoms with Gasteiger partial charge in [-0.2, -0.15) is 0 Å². The van der Waals surface area contributed by atoms with Crippen LogP contribution in [0.1, 0.15) is 30.3 Å². The van der Waals surface area contributed by atoms with E-state index in [0.29, 0.717) is 12.8 Å². The molecule has 1 heterocycles. The first kappa shape index (κ1) is 16.7. The fourth-order valence-electron chi connectivity index (χ4n) is 1.82. The van der Waals surface area contributed by atoms with E-state index in [0.717, 1.165) is 0 Å². The molecule has 1 atom stereocenters. The van der Waals surface area contributed by atoms with E-state index >= 15 is 0 Å². The first-order chi connectivity index (χ1) is 9.35. The summed E-state index contributed by atoms with van der Waals surface area (Å²) in [5, 5.41) is 11.7. The molecule has 1 aromatic rings. The number of hydrogen-bond acceptors (Lipinski definition) is 4. The lowest BCUT2D eigenvalue weighted by Crippen LogP contribution is -2.35. The number of sulfonamides is 1. The van der Waals surface area contributed by atoms with Crippen molar-refractivity contribution in [3.8, 4) is 0 Å². The molecule has 1 amide bonds. The number of nitrogens with one attached hydrogen (secondary N) is 2. The van der Waals surface area contributed by atoms with Crippen molar-refractivity contribution in [3.63, 3.8) is 0 Å². The van der Waals surface area contributed by atoms with Crippen LogP contribution in [0.15, 0.2) is 17.2 Å². The summed E-state index contributed by atoms with van der Waals surface area (Å²) in [7, 11) is -0.645. The molecule has 7 nitrogen and oxygen atoms in total. The standard InChI is InChI=1S/C12H21N3O4S/c1-4-9(5-6-16)14-12(17)11-7-10(8-15(11)3)20(18,19)13-2/h7-9,13,16H,4-6H2,1-3H3,(H,14,17). The zero-order valence-corrected chi connectivity index (χ0v) is 12.7. The summed E-state index contributed by atoms with van der Waals surface area (Å²) >= 11 is 0. The monoisotopic (exact) mass is 303 g/mol. The second kappa shape index (κ2) is 6.87. The van der Waals surface area contributed by atoms with Crippen molar-refractivity contribution < 1.29 is 18.3 Å². The van der Waals surface area contributed by atoms with Gasteiger partial charge >= 0.3 is 0 Å². The maximum absolute atomic E-state index is 12.1. The Bertz CT molecular complexity index is 565. The molecule has 0 aromatic carbocycles. The van der Waals surface area contributed by atoms with Gasteiger partial charge in [0.15, 0.2) is 0 Å². The second-order valence-electron chi connectivity index (χ2n) is 4.47. The lowest BCUT2D eigenvalue weighted by Gasteiger charge is -2.15. The molecule has 114 valence electrons. The van der Waals surface area contributed by atoms with Crippen LogP contribution in [0, 0.1) is 0 Å². The SMILES string of the molecule is CCC(CCO)NC(=O)c1cc(S(=O)(=O)NC)cn1C. The van der Waals surface area contributed by atoms with Crippen LogP contribution < -0.4 is 10.0 Å². The zero-order valence-electron chi connectivity index (χ0n) is 11.9. The Kier molecular flexibility index (Phi) is 5.73. The van der Waals surface area contributed by atoms with Gasteiger partial charge in [-0.3, -0.25) is 4.79 Å². The Hall–Kier alpha value is -1.38. The summed E-state index contributed by atoms with van der Waals surface area (Å²) in [6, 6.07) is 1.19. The average Bonchev–Trinajstić information content (AvgIpc) is 2.81. The Morgan fingerprint density at radius 2 is 2.15 bits per heavy atom. The maximum Gasteiger partial charge on any atom is 0.268 e. The third kappa shape index (κ3) is 3.81. The number of nitrogens with zero attached hydrogens (tertiary/aromatic N) is 1. The number of rotatable bonds is 7. The number of aryl methyl sites for hydroxylation is 1. The van der Waals surface area contributed by atoms with Gasteiger partial charge in [0.05, 0.1) is 0 Å². The molecule has 1 rings (SSSR count). The smallest absolute Gasteiger partial charge is 0.268 e. The van der Waals surface area contributed by atoms with Crippen molar-refractivity contribution in [2.75, 3.05) is 13.7 Å². The van der Waals surface area contributed by atoms with Gasteiger partial charge in [0.25, 0.3) is 5.91 Å². The van der Waals surface area contributed by atoms with Crippen LogP contribution in [0.3, 0.4) is 0 Å². The van der Waals surface area contributed by atoms with E-state index in [-0.39, 0.29) is 29.1 Å². The minimum absolute atomic E-state index is 0.00862. The van der Waals surface area contributed by atoms with E-state index in [9.17, 15) is 13.2 Å². The molecule has 1 unspecified atom stereocenters. The molecule has 0 radical (unpaired) electrons. The molecular formula is C12H21N3O4S. The fraction of sp³-hybridized carbons (Fsp3) is 0.583. The maximum atomic E-state index is 12.1. The Morgan fingerprint density at radius 1 is 1.50 bits per heavy atom. The second-order valence-corrected chi connectivity index (χ2v) is 6.36. The summed E-state index contributed by atoms with van der Waals surface area (Å²) in [5.74, 6) is -0.356. The van der Waals surface area contributed by atoms with E-state index in [2.05, 4.69) is 10.0 Å². The number of hydrogen-bond donors (Lipinski definition) is 3. The minimum atomic E-state index is -3.57. The van der Waals surface area contributed by atoms with Crippen molar-refractivity contribution >= 4 is 15.9 Å². The molecule has 0 aliphatic rings. The molecule has 0 fully saturated rings. The Morgan fingerprint density at radius 3 is 2.65 bits per heavy atom. The normalized spacial score (nSPS) is 13.2. The van der Waals surface area contributed by atoms with Gasteiger partial charge in [-0.1, -0.05) is 6.92 Å². The Labute approximate surface area is 119 Å². The molecule has 0 aliphatic carbocycles. The highest BCUT2D eigenvalue weighted by Gasteiger charge is 2.20. The molecule has 20 heavy (non-hydrogen) atoms. The molecule has 0 aliphatic heterocycles. The quantitative estimate of drug-likeness (QED) is 0.650. The molecule has 1 aromatic heterocycles. The third-order valence-corrected chi connectivity index (χ3v) is 4.48. The van der Waals surface area contributed by atoms with Crippen LogP contribution in [0.25, 0.3) is 0 Å². The van der Waals surface area contributed by atoms with Crippen LogP contribution in [0.4, 0.5) is 0 Å². The molecule has 8 heteroatoms. The summed E-state index contributed by atoms with van der Waals surface area (Å²) < 4.78 is 27.0. The number of aliphatic hydroxyl groups excluding tert-OH is 1. The summed E-state index contributed by atoms with van der Waals surface area (Å²) in [4.78, 5) is 12.2. The highest BCUT2D eigenvalue weighted by molar-refractivity contribution is 7.89. The fourth-order valence-corrected chi connectivity index (χ4v) is 2.62. The van der Waals surface area contributed by atoms with Gasteiger partial charge in [-0.15, -0.1) is 0 Å². The van der Waals surface area contributed by atoms with Crippen molar-refractivity contribution in [1.82, 2.24) is 14.6 Å². The van der Waals surface area contributed by atoms with E-state index in [1.54, 1.807) is 7.05 Å². The average molecular weight is 303 g/mol. The van der Waals surface area contributed by atoms with Gasteiger partial charge in [-0.25, -0.2) is 13.1 Å². The molecule has 0 spiro atoms. The number of amides is 1. The summed E-state index contributed by atoms with van der Waals surface area (Å²) in [5.41, 5.74) is 0.259. The van der Waals surface area contributed by atoms with Crippen molar-refractivity contribution in [1.29, 1.82) is 0 Å². The van der Waals surface area contributed by atoms with Crippen molar-refractivity contribution in [2.45, 2.75) is 30.7 Å². The van der Waals surface area contributed by atoms with Crippen LogP contribution in [0.2, 0.25) is 0 Å². The highest BCUT2D eigenvalue weighted by Crippen LogP contribution is 2.13. The molecule has 0 saturated carbocycles. The van der Waals surface area contributed by atoms with Crippen LogP contribution in [-0.4, -0.2) is 43.7 Å². The number of carbonyl (C=O) groups excluding carboxylic acids is 1. The van der Waals surface area contributed by atoms with Crippen molar-refractivity contribution in [2.24, 2.45) is 7.05 Å². The first-order valence-corrected chi connectivity index (χ1v) is 7.85. The summed E-state index contributed by atoms with van der Waals surface area (Å²) in [6.07, 6.45) is 2.54. The van der Waals surface area contributed by atoms with Gasteiger partial charge in [-0.05, 0) is 26.0 Å². The Balaban J connectivity index is 2.95. The van der Waals surface area contributed by atoms with Gasteiger partial charge in [0, 0.05) is 25.9 Å². The lowest BCUT2D eigenvalue weighted by molar-refractivity contribution is 0.0921. The van der Waals surface area contributed by atoms with Gasteiger partial charge in [0.1, 0.15) is 10.6 Å². The number of carbonyl (C=O) groups is 1. The van der Waals surface area contributed by atoms with Gasteiger partial charge in [0.2, 0.25) is 10.0 Å². The van der Waals surface area contributed by atoms with E-state index in [1.165, 1.54) is 23.9 Å². The van der Waals surface area contributed by atoms with E-state index < -0.39 is 10.0 Å². The molecule has 3 N–H and O–H groups in total. The number of aliphatic hydroxyl groups is 1. The minimum Gasteiger partial charge on any atom is -0.396 e. The highest BCUT2D eigenvalue weighted by atomic mass is 32.2. The van der Waals surface area contributed by atoms with Crippen molar-refractivity contribution in [3.05, 3.63) is 18.0 Å². The van der Waals surface area contributed by atoms with Gasteiger partial charge < -0.3 is 15.0 Å². The topological polar surface area (TPSA) is 100 Å².